The summed E-state index contributed by atoms with van der Waals surface area (Å²) in [6, 6.07) is 3.55. The highest BCUT2D eigenvalue weighted by Crippen LogP contribution is 2.34. The lowest BCUT2D eigenvalue weighted by atomic mass is 10.2. The van der Waals surface area contributed by atoms with E-state index >= 15 is 0 Å². The van der Waals surface area contributed by atoms with Crippen LogP contribution >= 0.6 is 0 Å². The van der Waals surface area contributed by atoms with Gasteiger partial charge in [0.05, 0.1) is 6.10 Å². The summed E-state index contributed by atoms with van der Waals surface area (Å²) in [7, 11) is 0. The first-order chi connectivity index (χ1) is 7.44. The zero-order valence-corrected chi connectivity index (χ0v) is 9.99. The Morgan fingerprint density at radius 1 is 1.31 bits per heavy atom. The molecule has 1 aliphatic carbocycles. The second-order valence-corrected chi connectivity index (χ2v) is 5.07. The number of hydrogen-bond acceptors (Lipinski definition) is 4. The predicted molar refractivity (Wildman–Crippen MR) is 62.7 cm³/mol. The van der Waals surface area contributed by atoms with Crippen LogP contribution in [0.4, 0.5) is 5.82 Å². The van der Waals surface area contributed by atoms with Crippen LogP contribution in [-0.4, -0.2) is 16.7 Å². The highest BCUT2D eigenvalue weighted by molar-refractivity contribution is 5.42. The van der Waals surface area contributed by atoms with E-state index in [0.717, 1.165) is 12.8 Å². The van der Waals surface area contributed by atoms with Crippen molar-refractivity contribution in [3.05, 3.63) is 12.1 Å². The monoisotopic (exact) mass is 222 g/mol. The third-order valence-electron chi connectivity index (χ3n) is 2.07. The van der Waals surface area contributed by atoms with Crippen LogP contribution in [0.25, 0.3) is 0 Å². The normalized spacial score (nSPS) is 15.9. The van der Waals surface area contributed by atoms with Crippen LogP contribution in [0, 0.1) is 0 Å². The van der Waals surface area contributed by atoms with Gasteiger partial charge in [0.15, 0.2) is 5.75 Å². The van der Waals surface area contributed by atoms with E-state index in [4.69, 9.17) is 15.2 Å². The van der Waals surface area contributed by atoms with E-state index in [0.29, 0.717) is 23.6 Å². The zero-order chi connectivity index (χ0) is 11.8. The highest BCUT2D eigenvalue weighted by Gasteiger charge is 2.26. The Morgan fingerprint density at radius 3 is 2.56 bits per heavy atom. The number of hydrogen-bond donors (Lipinski definition) is 1. The van der Waals surface area contributed by atoms with Gasteiger partial charge in [-0.15, -0.1) is 0 Å². The molecule has 0 saturated heterocycles. The van der Waals surface area contributed by atoms with Gasteiger partial charge in [-0.05, 0) is 45.7 Å². The van der Waals surface area contributed by atoms with Crippen molar-refractivity contribution in [1.29, 1.82) is 0 Å². The Bertz CT molecular complexity index is 381. The second kappa shape index (κ2) is 3.85. The fraction of sp³-hybridized carbons (Fsp3) is 0.583. The average Bonchev–Trinajstić information content (AvgIpc) is 2.91. The number of anilines is 1. The van der Waals surface area contributed by atoms with Gasteiger partial charge in [0.25, 0.3) is 5.88 Å². The van der Waals surface area contributed by atoms with Gasteiger partial charge in [0, 0.05) is 0 Å². The lowest BCUT2D eigenvalue weighted by Crippen LogP contribution is -2.24. The van der Waals surface area contributed by atoms with E-state index in [1.807, 2.05) is 26.8 Å². The van der Waals surface area contributed by atoms with Crippen molar-refractivity contribution in [3.63, 3.8) is 0 Å². The number of nitrogen functional groups attached to an aromatic ring is 1. The summed E-state index contributed by atoms with van der Waals surface area (Å²) in [5, 5.41) is 0. The number of nitrogens with zero attached hydrogens (tertiary/aromatic N) is 1. The number of rotatable bonds is 3. The molecule has 0 amide bonds. The van der Waals surface area contributed by atoms with Gasteiger partial charge in [-0.25, -0.2) is 0 Å². The Morgan fingerprint density at radius 2 is 2.00 bits per heavy atom. The molecule has 1 fully saturated rings. The molecular formula is C12H18N2O2. The molecule has 0 unspecified atom stereocenters. The molecule has 1 heterocycles. The molecular weight excluding hydrogens is 204 g/mol. The summed E-state index contributed by atoms with van der Waals surface area (Å²) in [6.45, 7) is 5.91. The van der Waals surface area contributed by atoms with Gasteiger partial charge in [0.2, 0.25) is 0 Å². The summed E-state index contributed by atoms with van der Waals surface area (Å²) >= 11 is 0. The standard InChI is InChI=1S/C12H18N2O2/c1-12(2,3)16-11-9(15-8-4-5-8)6-7-10(13)14-11/h6-8H,4-5H2,1-3H3,(H2,13,14). The van der Waals surface area contributed by atoms with E-state index in [1.165, 1.54) is 0 Å². The first kappa shape index (κ1) is 11.0. The van der Waals surface area contributed by atoms with Crippen molar-refractivity contribution in [2.75, 3.05) is 5.73 Å². The molecule has 0 atom stereocenters. The van der Waals surface area contributed by atoms with Crippen LogP contribution < -0.4 is 15.2 Å². The van der Waals surface area contributed by atoms with E-state index in [-0.39, 0.29) is 5.60 Å². The molecule has 0 aromatic carbocycles. The van der Waals surface area contributed by atoms with Crippen LogP contribution in [0.1, 0.15) is 33.6 Å². The van der Waals surface area contributed by atoms with Crippen molar-refractivity contribution in [2.45, 2.75) is 45.3 Å². The van der Waals surface area contributed by atoms with Gasteiger partial charge in [0.1, 0.15) is 11.4 Å². The maximum absolute atomic E-state index is 5.73. The lowest BCUT2D eigenvalue weighted by molar-refractivity contribution is 0.116. The molecule has 4 nitrogen and oxygen atoms in total. The molecule has 1 saturated carbocycles. The summed E-state index contributed by atoms with van der Waals surface area (Å²) in [4.78, 5) is 4.17. The molecule has 16 heavy (non-hydrogen) atoms. The van der Waals surface area contributed by atoms with Crippen molar-refractivity contribution in [2.24, 2.45) is 0 Å². The van der Waals surface area contributed by atoms with Gasteiger partial charge in [-0.1, -0.05) is 0 Å². The third-order valence-corrected chi connectivity index (χ3v) is 2.07. The van der Waals surface area contributed by atoms with Crippen LogP contribution in [0.15, 0.2) is 12.1 Å². The van der Waals surface area contributed by atoms with Crippen LogP contribution in [-0.2, 0) is 0 Å². The summed E-state index contributed by atoms with van der Waals surface area (Å²) in [5.74, 6) is 1.62. The van der Waals surface area contributed by atoms with Gasteiger partial charge >= 0.3 is 0 Å². The number of ether oxygens (including phenoxy) is 2. The lowest BCUT2D eigenvalue weighted by Gasteiger charge is -2.22. The maximum atomic E-state index is 5.73. The Labute approximate surface area is 95.8 Å². The molecule has 88 valence electrons. The van der Waals surface area contributed by atoms with E-state index in [2.05, 4.69) is 4.98 Å². The Hall–Kier alpha value is -1.45. The zero-order valence-electron chi connectivity index (χ0n) is 9.99. The van der Waals surface area contributed by atoms with Crippen molar-refractivity contribution >= 4 is 5.82 Å². The molecule has 0 spiro atoms. The molecule has 0 aliphatic heterocycles. The Balaban J connectivity index is 2.20. The SMILES string of the molecule is CC(C)(C)Oc1nc(N)ccc1OC1CC1. The number of pyridine rings is 1. The molecule has 0 radical (unpaired) electrons. The van der Waals surface area contributed by atoms with Crippen molar-refractivity contribution < 1.29 is 9.47 Å². The minimum Gasteiger partial charge on any atom is -0.485 e. The van der Waals surface area contributed by atoms with E-state index < -0.39 is 0 Å². The molecule has 1 aliphatic rings. The minimum atomic E-state index is -0.303. The smallest absolute Gasteiger partial charge is 0.259 e. The van der Waals surface area contributed by atoms with Crippen LogP contribution in [0.2, 0.25) is 0 Å². The van der Waals surface area contributed by atoms with Crippen LogP contribution in [0.3, 0.4) is 0 Å². The molecule has 2 rings (SSSR count). The van der Waals surface area contributed by atoms with Crippen molar-refractivity contribution in [3.8, 4) is 11.6 Å². The number of aromatic nitrogens is 1. The van der Waals surface area contributed by atoms with Gasteiger partial charge in [-0.2, -0.15) is 4.98 Å². The van der Waals surface area contributed by atoms with E-state index in [9.17, 15) is 0 Å². The Kier molecular flexibility index (Phi) is 2.66. The molecule has 1 aromatic heterocycles. The fourth-order valence-electron chi connectivity index (χ4n) is 1.26. The minimum absolute atomic E-state index is 0.303. The maximum Gasteiger partial charge on any atom is 0.259 e. The number of nitrogens with two attached hydrogens (primary N) is 1. The summed E-state index contributed by atoms with van der Waals surface area (Å²) in [6.07, 6.45) is 2.55. The first-order valence-corrected chi connectivity index (χ1v) is 5.56. The average molecular weight is 222 g/mol. The topological polar surface area (TPSA) is 57.4 Å². The highest BCUT2D eigenvalue weighted by atomic mass is 16.5. The first-order valence-electron chi connectivity index (χ1n) is 5.56. The fourth-order valence-corrected chi connectivity index (χ4v) is 1.26. The molecule has 4 heteroatoms. The quantitative estimate of drug-likeness (QED) is 0.853. The third kappa shape index (κ3) is 3.02. The molecule has 0 bridgehead atoms. The largest absolute Gasteiger partial charge is 0.485 e. The van der Waals surface area contributed by atoms with E-state index in [1.54, 1.807) is 6.07 Å². The molecule has 2 N–H and O–H groups in total. The van der Waals surface area contributed by atoms with Crippen molar-refractivity contribution in [1.82, 2.24) is 4.98 Å². The van der Waals surface area contributed by atoms with Gasteiger partial charge < -0.3 is 15.2 Å². The van der Waals surface area contributed by atoms with Crippen LogP contribution in [0.5, 0.6) is 11.6 Å². The summed E-state index contributed by atoms with van der Waals surface area (Å²) in [5.41, 5.74) is 5.34. The van der Waals surface area contributed by atoms with Gasteiger partial charge in [-0.3, -0.25) is 0 Å². The molecule has 1 aromatic rings. The predicted octanol–water partition coefficient (Wildman–Crippen LogP) is 2.38. The second-order valence-electron chi connectivity index (χ2n) is 5.07. The summed E-state index contributed by atoms with van der Waals surface area (Å²) < 4.78 is 11.4.